The molecule has 0 bridgehead atoms. The number of guanidine groups is 1. The lowest BCUT2D eigenvalue weighted by molar-refractivity contribution is -0.138. The van der Waals surface area contributed by atoms with E-state index in [1.54, 1.807) is 11.9 Å². The number of carbonyl (C=O) groups excluding carboxylic acids is 1. The Labute approximate surface area is 171 Å². The van der Waals surface area contributed by atoms with Crippen LogP contribution in [0.3, 0.4) is 0 Å². The molecule has 162 valence electrons. The summed E-state index contributed by atoms with van der Waals surface area (Å²) >= 11 is 0. The van der Waals surface area contributed by atoms with Gasteiger partial charge in [-0.15, -0.1) is 0 Å². The Morgan fingerprint density at radius 3 is 2.25 bits per heavy atom. The van der Waals surface area contributed by atoms with Gasteiger partial charge < -0.3 is 25.3 Å². The van der Waals surface area contributed by atoms with Crippen molar-refractivity contribution in [1.29, 1.82) is 0 Å². The van der Waals surface area contributed by atoms with Gasteiger partial charge in [0.15, 0.2) is 5.96 Å². The van der Waals surface area contributed by atoms with E-state index in [0.29, 0.717) is 12.5 Å². The van der Waals surface area contributed by atoms with Gasteiger partial charge in [-0.2, -0.15) is 0 Å². The third kappa shape index (κ3) is 6.34. The zero-order valence-electron chi connectivity index (χ0n) is 18.8. The first-order valence-corrected chi connectivity index (χ1v) is 11.0. The molecule has 1 atom stereocenters. The van der Waals surface area contributed by atoms with E-state index >= 15 is 0 Å². The van der Waals surface area contributed by atoms with Crippen molar-refractivity contribution in [2.45, 2.75) is 39.5 Å². The molecular formula is C21H42N6O. The van der Waals surface area contributed by atoms with Crippen molar-refractivity contribution in [3.63, 3.8) is 0 Å². The Morgan fingerprint density at radius 2 is 1.71 bits per heavy atom. The third-order valence-electron chi connectivity index (χ3n) is 6.34. The summed E-state index contributed by atoms with van der Waals surface area (Å²) in [6.45, 7) is 13.1. The van der Waals surface area contributed by atoms with Crippen LogP contribution in [-0.4, -0.2) is 100 Å². The van der Waals surface area contributed by atoms with Crippen LogP contribution in [0.15, 0.2) is 4.99 Å². The third-order valence-corrected chi connectivity index (χ3v) is 6.34. The van der Waals surface area contributed by atoms with Crippen LogP contribution in [0.25, 0.3) is 0 Å². The van der Waals surface area contributed by atoms with E-state index in [1.807, 2.05) is 14.1 Å². The molecule has 0 aromatic carbocycles. The summed E-state index contributed by atoms with van der Waals surface area (Å²) in [7, 11) is 5.52. The van der Waals surface area contributed by atoms with Crippen molar-refractivity contribution >= 4 is 11.9 Å². The molecule has 0 spiro atoms. The summed E-state index contributed by atoms with van der Waals surface area (Å²) in [5.74, 6) is 1.60. The highest BCUT2D eigenvalue weighted by Crippen LogP contribution is 2.38. The fourth-order valence-electron chi connectivity index (χ4n) is 4.53. The molecule has 0 aromatic rings. The Morgan fingerprint density at radius 1 is 1.11 bits per heavy atom. The highest BCUT2D eigenvalue weighted by molar-refractivity contribution is 5.85. The van der Waals surface area contributed by atoms with E-state index in [9.17, 15) is 4.79 Å². The van der Waals surface area contributed by atoms with Crippen LogP contribution in [-0.2, 0) is 4.79 Å². The number of likely N-dealkylation sites (N-methyl/N-ethyl adjacent to an activating group) is 1. The van der Waals surface area contributed by atoms with Crippen molar-refractivity contribution in [2.24, 2.45) is 16.3 Å². The van der Waals surface area contributed by atoms with Crippen molar-refractivity contribution in [1.82, 2.24) is 25.3 Å². The molecular weight excluding hydrogens is 352 g/mol. The monoisotopic (exact) mass is 394 g/mol. The first-order chi connectivity index (χ1) is 13.4. The number of rotatable bonds is 8. The highest BCUT2D eigenvalue weighted by atomic mass is 16.2. The number of aliphatic imine (C=N–C) groups is 1. The van der Waals surface area contributed by atoms with Crippen molar-refractivity contribution in [3.05, 3.63) is 0 Å². The number of amides is 1. The predicted molar refractivity (Wildman–Crippen MR) is 117 cm³/mol. The number of hydrogen-bond acceptors (Lipinski definition) is 4. The molecule has 2 N–H and O–H groups in total. The average Bonchev–Trinajstić information content (AvgIpc) is 3.18. The van der Waals surface area contributed by atoms with Gasteiger partial charge in [0.25, 0.3) is 0 Å². The summed E-state index contributed by atoms with van der Waals surface area (Å²) in [6.07, 6.45) is 4.20. The van der Waals surface area contributed by atoms with Crippen LogP contribution in [0.4, 0.5) is 0 Å². The first kappa shape index (κ1) is 22.9. The molecule has 28 heavy (non-hydrogen) atoms. The quantitative estimate of drug-likeness (QED) is 0.476. The Balaban J connectivity index is 1.75. The molecule has 2 rings (SSSR count). The molecule has 1 saturated heterocycles. The molecule has 7 heteroatoms. The zero-order valence-corrected chi connectivity index (χ0v) is 18.8. The summed E-state index contributed by atoms with van der Waals surface area (Å²) in [5, 5.41) is 6.90. The molecule has 2 aliphatic rings. The molecule has 0 radical (unpaired) electrons. The fraction of sp³-hybridized carbons (Fsp3) is 0.905. The molecule has 1 aliphatic carbocycles. The van der Waals surface area contributed by atoms with E-state index in [4.69, 9.17) is 0 Å². The largest absolute Gasteiger partial charge is 0.356 e. The Kier molecular flexibility index (Phi) is 9.02. The van der Waals surface area contributed by atoms with Crippen LogP contribution < -0.4 is 10.6 Å². The molecule has 1 unspecified atom stereocenters. The molecule has 7 nitrogen and oxygen atoms in total. The van der Waals surface area contributed by atoms with Crippen LogP contribution in [0.5, 0.6) is 0 Å². The van der Waals surface area contributed by atoms with Crippen LogP contribution in [0.2, 0.25) is 0 Å². The van der Waals surface area contributed by atoms with Crippen molar-refractivity contribution in [2.75, 3.05) is 73.5 Å². The first-order valence-electron chi connectivity index (χ1n) is 11.0. The van der Waals surface area contributed by atoms with Crippen LogP contribution in [0, 0.1) is 11.3 Å². The Hall–Kier alpha value is -1.34. The number of nitrogens with zero attached hydrogens (tertiary/aromatic N) is 4. The minimum absolute atomic E-state index is 0.243. The van der Waals surface area contributed by atoms with Gasteiger partial charge in [-0.1, -0.05) is 26.7 Å². The second-order valence-electron chi connectivity index (χ2n) is 8.83. The van der Waals surface area contributed by atoms with Crippen LogP contribution in [0.1, 0.15) is 39.5 Å². The standard InChI is InChI=1S/C21H42N6O/c1-6-26-11-13-27(14-12-26)16-18(2)15-23-20(22-3)24-17-21(9-7-8-10-21)19(28)25(4)5/h18H,6-17H2,1-5H3,(H2,22,23,24). The molecule has 1 amide bonds. The summed E-state index contributed by atoms with van der Waals surface area (Å²) in [5.41, 5.74) is -0.272. The molecule has 1 heterocycles. The highest BCUT2D eigenvalue weighted by Gasteiger charge is 2.42. The molecule has 0 aromatic heterocycles. The van der Waals surface area contributed by atoms with Gasteiger partial charge in [-0.05, 0) is 25.3 Å². The minimum atomic E-state index is -0.272. The van der Waals surface area contributed by atoms with E-state index in [1.165, 1.54) is 26.2 Å². The minimum Gasteiger partial charge on any atom is -0.356 e. The van der Waals surface area contributed by atoms with Gasteiger partial charge >= 0.3 is 0 Å². The maximum atomic E-state index is 12.7. The molecule has 1 aliphatic heterocycles. The number of nitrogens with one attached hydrogen (secondary N) is 2. The fourth-order valence-corrected chi connectivity index (χ4v) is 4.53. The van der Waals surface area contributed by atoms with Gasteiger partial charge in [-0.3, -0.25) is 9.79 Å². The van der Waals surface area contributed by atoms with E-state index < -0.39 is 0 Å². The zero-order chi connectivity index (χ0) is 20.6. The van der Waals surface area contributed by atoms with Gasteiger partial charge in [0.1, 0.15) is 0 Å². The SMILES string of the molecule is CCN1CCN(CC(C)CNC(=NC)NCC2(C(=O)N(C)C)CCCC2)CC1. The summed E-state index contributed by atoms with van der Waals surface area (Å²) in [6, 6.07) is 0. The average molecular weight is 395 g/mol. The number of carbonyl (C=O) groups is 1. The van der Waals surface area contributed by atoms with Crippen molar-refractivity contribution < 1.29 is 4.79 Å². The maximum Gasteiger partial charge on any atom is 0.230 e. The Bertz CT molecular complexity index is 507. The number of hydrogen-bond donors (Lipinski definition) is 2. The summed E-state index contributed by atoms with van der Waals surface area (Å²) < 4.78 is 0. The van der Waals surface area contributed by atoms with Gasteiger partial charge in [0.05, 0.1) is 5.41 Å². The lowest BCUT2D eigenvalue weighted by Gasteiger charge is -2.35. The topological polar surface area (TPSA) is 63.2 Å². The lowest BCUT2D eigenvalue weighted by atomic mass is 9.84. The van der Waals surface area contributed by atoms with E-state index in [2.05, 4.69) is 39.3 Å². The van der Waals surface area contributed by atoms with Gasteiger partial charge in [0.2, 0.25) is 5.91 Å². The van der Waals surface area contributed by atoms with Crippen LogP contribution >= 0.6 is 0 Å². The second kappa shape index (κ2) is 11.0. The van der Waals surface area contributed by atoms with E-state index in [0.717, 1.165) is 51.3 Å². The second-order valence-corrected chi connectivity index (χ2v) is 8.83. The lowest BCUT2D eigenvalue weighted by Crippen LogP contribution is -2.50. The summed E-state index contributed by atoms with van der Waals surface area (Å²) in [4.78, 5) is 23.9. The smallest absolute Gasteiger partial charge is 0.230 e. The van der Waals surface area contributed by atoms with Crippen molar-refractivity contribution in [3.8, 4) is 0 Å². The predicted octanol–water partition coefficient (Wildman–Crippen LogP) is 1.07. The molecule has 2 fully saturated rings. The van der Waals surface area contributed by atoms with Gasteiger partial charge in [0, 0.05) is 67.0 Å². The van der Waals surface area contributed by atoms with Gasteiger partial charge in [-0.25, -0.2) is 0 Å². The van der Waals surface area contributed by atoms with E-state index in [-0.39, 0.29) is 11.3 Å². The number of piperazine rings is 1. The maximum absolute atomic E-state index is 12.7. The normalized spacial score (nSPS) is 22.1. The molecule has 1 saturated carbocycles.